The molecule has 0 amide bonds. The van der Waals surface area contributed by atoms with Gasteiger partial charge in [-0.15, -0.1) is 0 Å². The lowest BCUT2D eigenvalue weighted by Crippen LogP contribution is -2.45. The van der Waals surface area contributed by atoms with E-state index >= 15 is 0 Å². The van der Waals surface area contributed by atoms with E-state index in [1.54, 1.807) is 14.0 Å². The van der Waals surface area contributed by atoms with Gasteiger partial charge in [-0.1, -0.05) is 6.42 Å². The van der Waals surface area contributed by atoms with Crippen LogP contribution in [0.2, 0.25) is 0 Å². The SMILES string of the molecule is COCCN1CCCCC1C(C)=O. The van der Waals surface area contributed by atoms with E-state index in [2.05, 4.69) is 4.90 Å². The first-order valence-corrected chi connectivity index (χ1v) is 4.99. The number of ketones is 1. The molecular weight excluding hydrogens is 166 g/mol. The van der Waals surface area contributed by atoms with Gasteiger partial charge in [0, 0.05) is 13.7 Å². The van der Waals surface area contributed by atoms with E-state index in [0.717, 1.165) is 26.1 Å². The number of piperidine rings is 1. The average molecular weight is 185 g/mol. The van der Waals surface area contributed by atoms with Crippen molar-refractivity contribution in [2.45, 2.75) is 32.2 Å². The van der Waals surface area contributed by atoms with E-state index in [1.807, 2.05) is 0 Å². The number of Topliss-reactive ketones (excluding diaryl/α,β-unsaturated/α-hetero) is 1. The Labute approximate surface area is 80.1 Å². The monoisotopic (exact) mass is 185 g/mol. The zero-order valence-electron chi connectivity index (χ0n) is 8.58. The minimum absolute atomic E-state index is 0.156. The van der Waals surface area contributed by atoms with E-state index in [0.29, 0.717) is 5.78 Å². The maximum absolute atomic E-state index is 11.3. The van der Waals surface area contributed by atoms with Gasteiger partial charge in [0.25, 0.3) is 0 Å². The number of methoxy groups -OCH3 is 1. The second-order valence-corrected chi connectivity index (χ2v) is 3.65. The second-order valence-electron chi connectivity index (χ2n) is 3.65. The van der Waals surface area contributed by atoms with E-state index in [4.69, 9.17) is 4.74 Å². The highest BCUT2D eigenvalue weighted by molar-refractivity contribution is 5.81. The predicted molar refractivity (Wildman–Crippen MR) is 51.8 cm³/mol. The number of hydrogen-bond acceptors (Lipinski definition) is 3. The number of rotatable bonds is 4. The Balaban J connectivity index is 2.41. The lowest BCUT2D eigenvalue weighted by molar-refractivity contribution is -0.123. The highest BCUT2D eigenvalue weighted by atomic mass is 16.5. The first-order chi connectivity index (χ1) is 6.25. The van der Waals surface area contributed by atoms with Crippen LogP contribution in [-0.2, 0) is 9.53 Å². The largest absolute Gasteiger partial charge is 0.383 e. The van der Waals surface area contributed by atoms with Gasteiger partial charge in [-0.25, -0.2) is 0 Å². The van der Waals surface area contributed by atoms with E-state index in [-0.39, 0.29) is 6.04 Å². The summed E-state index contributed by atoms with van der Waals surface area (Å²) in [6, 6.07) is 0.156. The molecule has 0 spiro atoms. The number of carbonyl (C=O) groups is 1. The summed E-state index contributed by atoms with van der Waals surface area (Å²) in [7, 11) is 1.70. The Morgan fingerprint density at radius 2 is 2.31 bits per heavy atom. The number of carbonyl (C=O) groups excluding carboxylic acids is 1. The molecule has 3 heteroatoms. The fourth-order valence-corrected chi connectivity index (χ4v) is 1.93. The Morgan fingerprint density at radius 1 is 1.54 bits per heavy atom. The lowest BCUT2D eigenvalue weighted by Gasteiger charge is -2.33. The average Bonchev–Trinajstić information content (AvgIpc) is 2.15. The van der Waals surface area contributed by atoms with E-state index < -0.39 is 0 Å². The van der Waals surface area contributed by atoms with Crippen LogP contribution in [0.5, 0.6) is 0 Å². The summed E-state index contributed by atoms with van der Waals surface area (Å²) >= 11 is 0. The van der Waals surface area contributed by atoms with Gasteiger partial charge in [-0.2, -0.15) is 0 Å². The maximum Gasteiger partial charge on any atom is 0.146 e. The molecule has 3 nitrogen and oxygen atoms in total. The first-order valence-electron chi connectivity index (χ1n) is 4.99. The molecule has 1 unspecified atom stereocenters. The van der Waals surface area contributed by atoms with Crippen LogP contribution >= 0.6 is 0 Å². The van der Waals surface area contributed by atoms with Gasteiger partial charge >= 0.3 is 0 Å². The van der Waals surface area contributed by atoms with Gasteiger partial charge in [-0.3, -0.25) is 9.69 Å². The summed E-state index contributed by atoms with van der Waals surface area (Å²) in [6.45, 7) is 4.36. The summed E-state index contributed by atoms with van der Waals surface area (Å²) in [5, 5.41) is 0. The topological polar surface area (TPSA) is 29.5 Å². The number of nitrogens with zero attached hydrogens (tertiary/aromatic N) is 1. The molecule has 1 atom stereocenters. The Kier molecular flexibility index (Phi) is 4.39. The molecule has 0 saturated carbocycles. The van der Waals surface area contributed by atoms with Crippen LogP contribution in [0.4, 0.5) is 0 Å². The van der Waals surface area contributed by atoms with Gasteiger partial charge in [0.2, 0.25) is 0 Å². The third kappa shape index (κ3) is 3.08. The molecule has 76 valence electrons. The third-order valence-corrected chi connectivity index (χ3v) is 2.67. The van der Waals surface area contributed by atoms with Gasteiger partial charge in [0.05, 0.1) is 12.6 Å². The van der Waals surface area contributed by atoms with Crippen molar-refractivity contribution in [2.75, 3.05) is 26.8 Å². The zero-order valence-corrected chi connectivity index (χ0v) is 8.58. The minimum atomic E-state index is 0.156. The number of ether oxygens (including phenoxy) is 1. The predicted octanol–water partition coefficient (Wildman–Crippen LogP) is 1.08. The molecule has 0 aromatic carbocycles. The molecule has 0 bridgehead atoms. The number of likely N-dealkylation sites (tertiary alicyclic amines) is 1. The second kappa shape index (κ2) is 5.35. The molecule has 0 aliphatic carbocycles. The highest BCUT2D eigenvalue weighted by Gasteiger charge is 2.25. The Morgan fingerprint density at radius 3 is 2.92 bits per heavy atom. The molecule has 1 heterocycles. The van der Waals surface area contributed by atoms with Gasteiger partial charge in [0.1, 0.15) is 5.78 Å². The summed E-state index contributed by atoms with van der Waals surface area (Å²) in [4.78, 5) is 13.5. The number of hydrogen-bond donors (Lipinski definition) is 0. The standard InChI is InChI=1S/C10H19NO2/c1-9(12)10-5-3-4-6-11(10)7-8-13-2/h10H,3-8H2,1-2H3. The summed E-state index contributed by atoms with van der Waals surface area (Å²) < 4.78 is 5.02. The highest BCUT2D eigenvalue weighted by Crippen LogP contribution is 2.16. The van der Waals surface area contributed by atoms with Crippen molar-refractivity contribution >= 4 is 5.78 Å². The van der Waals surface area contributed by atoms with Gasteiger partial charge in [-0.05, 0) is 26.3 Å². The van der Waals surface area contributed by atoms with Crippen LogP contribution < -0.4 is 0 Å². The first kappa shape index (κ1) is 10.7. The molecule has 1 saturated heterocycles. The molecule has 1 fully saturated rings. The minimum Gasteiger partial charge on any atom is -0.383 e. The quantitative estimate of drug-likeness (QED) is 0.656. The maximum atomic E-state index is 11.3. The van der Waals surface area contributed by atoms with Crippen LogP contribution in [0.1, 0.15) is 26.2 Å². The van der Waals surface area contributed by atoms with Crippen LogP contribution in [0.3, 0.4) is 0 Å². The van der Waals surface area contributed by atoms with Crippen molar-refractivity contribution in [1.29, 1.82) is 0 Å². The van der Waals surface area contributed by atoms with Crippen molar-refractivity contribution in [2.24, 2.45) is 0 Å². The summed E-state index contributed by atoms with van der Waals surface area (Å²) in [5.41, 5.74) is 0. The van der Waals surface area contributed by atoms with Crippen LogP contribution in [-0.4, -0.2) is 43.5 Å². The Bertz CT molecular complexity index is 170. The molecule has 1 aliphatic rings. The van der Waals surface area contributed by atoms with Crippen LogP contribution in [0.25, 0.3) is 0 Å². The van der Waals surface area contributed by atoms with Crippen molar-refractivity contribution < 1.29 is 9.53 Å². The molecule has 1 rings (SSSR count). The van der Waals surface area contributed by atoms with E-state index in [1.165, 1.54) is 12.8 Å². The molecule has 1 aliphatic heterocycles. The van der Waals surface area contributed by atoms with E-state index in [9.17, 15) is 4.79 Å². The van der Waals surface area contributed by atoms with Crippen molar-refractivity contribution in [3.63, 3.8) is 0 Å². The zero-order chi connectivity index (χ0) is 9.68. The van der Waals surface area contributed by atoms with Gasteiger partial charge in [0.15, 0.2) is 0 Å². The summed E-state index contributed by atoms with van der Waals surface area (Å²) in [5.74, 6) is 0.302. The third-order valence-electron chi connectivity index (χ3n) is 2.67. The Hall–Kier alpha value is -0.410. The van der Waals surface area contributed by atoms with Crippen LogP contribution in [0.15, 0.2) is 0 Å². The van der Waals surface area contributed by atoms with Crippen molar-refractivity contribution in [3.05, 3.63) is 0 Å². The van der Waals surface area contributed by atoms with Crippen LogP contribution in [0, 0.1) is 0 Å². The molecule has 0 radical (unpaired) electrons. The molecular formula is C10H19NO2. The molecule has 0 N–H and O–H groups in total. The van der Waals surface area contributed by atoms with Gasteiger partial charge < -0.3 is 4.74 Å². The van der Waals surface area contributed by atoms with Crippen molar-refractivity contribution in [3.8, 4) is 0 Å². The molecule has 0 aromatic heterocycles. The molecule has 0 aromatic rings. The smallest absolute Gasteiger partial charge is 0.146 e. The van der Waals surface area contributed by atoms with Crippen molar-refractivity contribution in [1.82, 2.24) is 4.90 Å². The summed E-state index contributed by atoms with van der Waals surface area (Å²) in [6.07, 6.45) is 3.43. The lowest BCUT2D eigenvalue weighted by atomic mass is 9.99. The fraction of sp³-hybridized carbons (Fsp3) is 0.900. The fourth-order valence-electron chi connectivity index (χ4n) is 1.93. The molecule has 13 heavy (non-hydrogen) atoms. The normalized spacial score (nSPS) is 24.6.